The average molecular weight is 234 g/mol. The highest BCUT2D eigenvalue weighted by Gasteiger charge is 2.09. The van der Waals surface area contributed by atoms with Crippen LogP contribution < -0.4 is 0 Å². The molecule has 0 unspecified atom stereocenters. The average Bonchev–Trinajstić information content (AvgIpc) is 2.84. The molecule has 82 valence electrons. The molecule has 2 aromatic rings. The van der Waals surface area contributed by atoms with Crippen LogP contribution in [0.2, 0.25) is 0 Å². The standard InChI is InChI=1S/C12H10O3S/c13-12(11-7-4-8-14-11)15-9-16-10-5-2-1-3-6-10/h1-8H,9H2. The zero-order valence-corrected chi connectivity index (χ0v) is 9.28. The van der Waals surface area contributed by atoms with Gasteiger partial charge in [-0.15, -0.1) is 0 Å². The van der Waals surface area contributed by atoms with Gasteiger partial charge in [0.1, 0.15) is 5.94 Å². The third kappa shape index (κ3) is 2.90. The summed E-state index contributed by atoms with van der Waals surface area (Å²) in [6.45, 7) is 0. The molecule has 4 heteroatoms. The monoisotopic (exact) mass is 234 g/mol. The van der Waals surface area contributed by atoms with Crippen LogP contribution in [0.5, 0.6) is 0 Å². The number of ether oxygens (including phenoxy) is 1. The lowest BCUT2D eigenvalue weighted by atomic mass is 10.4. The molecule has 1 heterocycles. The Morgan fingerprint density at radius 2 is 2.00 bits per heavy atom. The van der Waals surface area contributed by atoms with Gasteiger partial charge in [0.05, 0.1) is 6.26 Å². The molecule has 0 bridgehead atoms. The van der Waals surface area contributed by atoms with E-state index in [1.807, 2.05) is 30.3 Å². The summed E-state index contributed by atoms with van der Waals surface area (Å²) in [6.07, 6.45) is 1.45. The molecule has 0 atom stereocenters. The first kappa shape index (κ1) is 10.8. The zero-order valence-electron chi connectivity index (χ0n) is 8.46. The molecule has 0 amide bonds. The van der Waals surface area contributed by atoms with Crippen molar-refractivity contribution >= 4 is 17.7 Å². The Morgan fingerprint density at radius 3 is 2.69 bits per heavy atom. The maximum Gasteiger partial charge on any atom is 0.375 e. The van der Waals surface area contributed by atoms with Crippen molar-refractivity contribution in [3.05, 3.63) is 54.5 Å². The van der Waals surface area contributed by atoms with Gasteiger partial charge in [0.2, 0.25) is 5.76 Å². The minimum absolute atomic E-state index is 0.230. The molecule has 3 nitrogen and oxygen atoms in total. The van der Waals surface area contributed by atoms with Gasteiger partial charge in [-0.1, -0.05) is 30.0 Å². The SMILES string of the molecule is O=C(OCSc1ccccc1)c1ccco1. The quantitative estimate of drug-likeness (QED) is 0.462. The number of carbonyl (C=O) groups is 1. The van der Waals surface area contributed by atoms with Crippen LogP contribution in [0.1, 0.15) is 10.6 Å². The number of hydrogen-bond acceptors (Lipinski definition) is 4. The van der Waals surface area contributed by atoms with Crippen molar-refractivity contribution in [2.45, 2.75) is 4.90 Å². The minimum atomic E-state index is -0.437. The van der Waals surface area contributed by atoms with Crippen LogP contribution in [0.3, 0.4) is 0 Å². The fourth-order valence-electron chi connectivity index (χ4n) is 1.13. The summed E-state index contributed by atoms with van der Waals surface area (Å²) < 4.78 is 9.93. The molecular weight excluding hydrogens is 224 g/mol. The van der Waals surface area contributed by atoms with E-state index in [1.54, 1.807) is 12.1 Å². The molecule has 0 spiro atoms. The van der Waals surface area contributed by atoms with E-state index in [9.17, 15) is 4.79 Å². The normalized spacial score (nSPS) is 10.0. The van der Waals surface area contributed by atoms with Crippen molar-refractivity contribution < 1.29 is 13.9 Å². The summed E-state index contributed by atoms with van der Waals surface area (Å²) in [5.74, 6) is 0.0749. The molecule has 16 heavy (non-hydrogen) atoms. The number of carbonyl (C=O) groups excluding carboxylic acids is 1. The molecule has 0 fully saturated rings. The van der Waals surface area contributed by atoms with Crippen LogP contribution >= 0.6 is 11.8 Å². The van der Waals surface area contributed by atoms with Crippen molar-refractivity contribution in [3.63, 3.8) is 0 Å². The van der Waals surface area contributed by atoms with Crippen LogP contribution in [0.4, 0.5) is 0 Å². The maximum atomic E-state index is 11.4. The van der Waals surface area contributed by atoms with E-state index in [0.29, 0.717) is 0 Å². The smallest absolute Gasteiger partial charge is 0.375 e. The summed E-state index contributed by atoms with van der Waals surface area (Å²) in [4.78, 5) is 12.4. The third-order valence-corrected chi connectivity index (χ3v) is 2.72. The minimum Gasteiger partial charge on any atom is -0.457 e. The van der Waals surface area contributed by atoms with Crippen molar-refractivity contribution in [2.24, 2.45) is 0 Å². The Morgan fingerprint density at radius 1 is 1.19 bits per heavy atom. The highest BCUT2D eigenvalue weighted by molar-refractivity contribution is 7.99. The molecule has 0 aliphatic rings. The van der Waals surface area contributed by atoms with Gasteiger partial charge in [-0.2, -0.15) is 0 Å². The summed E-state index contributed by atoms with van der Waals surface area (Å²) in [6, 6.07) is 13.0. The number of esters is 1. The van der Waals surface area contributed by atoms with Gasteiger partial charge in [-0.3, -0.25) is 0 Å². The Balaban J connectivity index is 1.79. The predicted octanol–water partition coefficient (Wildman–Crippen LogP) is 3.19. The number of hydrogen-bond donors (Lipinski definition) is 0. The molecule has 0 saturated carbocycles. The summed E-state index contributed by atoms with van der Waals surface area (Å²) in [7, 11) is 0. The van der Waals surface area contributed by atoms with Crippen molar-refractivity contribution in [1.29, 1.82) is 0 Å². The maximum absolute atomic E-state index is 11.4. The van der Waals surface area contributed by atoms with E-state index in [1.165, 1.54) is 18.0 Å². The second-order valence-electron chi connectivity index (χ2n) is 2.98. The van der Waals surface area contributed by atoms with Gasteiger partial charge in [-0.05, 0) is 24.3 Å². The molecule has 0 radical (unpaired) electrons. The molecule has 1 aromatic heterocycles. The number of thioether (sulfide) groups is 1. The summed E-state index contributed by atoms with van der Waals surface area (Å²) >= 11 is 1.46. The molecule has 0 saturated heterocycles. The molecular formula is C12H10O3S. The van der Waals surface area contributed by atoms with Crippen LogP contribution in [0, 0.1) is 0 Å². The molecule has 1 aromatic carbocycles. The molecule has 0 aliphatic heterocycles. The Kier molecular flexibility index (Phi) is 3.66. The van der Waals surface area contributed by atoms with Crippen molar-refractivity contribution in [2.75, 3.05) is 5.94 Å². The Labute approximate surface area is 97.4 Å². The fourth-order valence-corrected chi connectivity index (χ4v) is 1.79. The van der Waals surface area contributed by atoms with Gasteiger partial charge >= 0.3 is 5.97 Å². The molecule has 2 rings (SSSR count). The van der Waals surface area contributed by atoms with E-state index >= 15 is 0 Å². The highest BCUT2D eigenvalue weighted by Crippen LogP contribution is 2.17. The van der Waals surface area contributed by atoms with E-state index in [0.717, 1.165) is 4.90 Å². The predicted molar refractivity (Wildman–Crippen MR) is 61.3 cm³/mol. The van der Waals surface area contributed by atoms with Crippen LogP contribution in [0.25, 0.3) is 0 Å². The lowest BCUT2D eigenvalue weighted by molar-refractivity contribution is 0.0543. The fraction of sp³-hybridized carbons (Fsp3) is 0.0833. The lowest BCUT2D eigenvalue weighted by Gasteiger charge is -2.02. The van der Waals surface area contributed by atoms with Crippen molar-refractivity contribution in [3.8, 4) is 0 Å². The topological polar surface area (TPSA) is 39.4 Å². The third-order valence-electron chi connectivity index (χ3n) is 1.88. The number of rotatable bonds is 4. The zero-order chi connectivity index (χ0) is 11.2. The van der Waals surface area contributed by atoms with Crippen LogP contribution in [-0.4, -0.2) is 11.9 Å². The molecule has 0 aliphatic carbocycles. The van der Waals surface area contributed by atoms with Gasteiger partial charge < -0.3 is 9.15 Å². The van der Waals surface area contributed by atoms with Gasteiger partial charge in [0.15, 0.2) is 0 Å². The summed E-state index contributed by atoms with van der Waals surface area (Å²) in [5.41, 5.74) is 0. The van der Waals surface area contributed by atoms with Gasteiger partial charge in [-0.25, -0.2) is 4.79 Å². The van der Waals surface area contributed by atoms with E-state index in [-0.39, 0.29) is 11.7 Å². The Hall–Kier alpha value is -1.68. The van der Waals surface area contributed by atoms with Crippen LogP contribution in [0.15, 0.2) is 58.0 Å². The first-order valence-corrected chi connectivity index (χ1v) is 5.73. The number of benzene rings is 1. The van der Waals surface area contributed by atoms with Crippen molar-refractivity contribution in [1.82, 2.24) is 0 Å². The van der Waals surface area contributed by atoms with Gasteiger partial charge in [0, 0.05) is 4.90 Å². The van der Waals surface area contributed by atoms with Crippen LogP contribution in [-0.2, 0) is 4.74 Å². The first-order chi connectivity index (χ1) is 7.86. The largest absolute Gasteiger partial charge is 0.457 e. The second-order valence-corrected chi connectivity index (χ2v) is 3.98. The highest BCUT2D eigenvalue weighted by atomic mass is 32.2. The van der Waals surface area contributed by atoms with E-state index < -0.39 is 5.97 Å². The van der Waals surface area contributed by atoms with E-state index in [2.05, 4.69) is 0 Å². The van der Waals surface area contributed by atoms with Gasteiger partial charge in [0.25, 0.3) is 0 Å². The van der Waals surface area contributed by atoms with E-state index in [4.69, 9.17) is 9.15 Å². The Bertz CT molecular complexity index is 437. The lowest BCUT2D eigenvalue weighted by Crippen LogP contribution is -2.02. The number of furan rings is 1. The first-order valence-electron chi connectivity index (χ1n) is 4.75. The summed E-state index contributed by atoms with van der Waals surface area (Å²) in [5, 5.41) is 0. The molecule has 0 N–H and O–H groups in total. The second kappa shape index (κ2) is 5.42.